The number of amides is 1. The zero-order chi connectivity index (χ0) is 20.4. The van der Waals surface area contributed by atoms with Gasteiger partial charge in [-0.15, -0.1) is 0 Å². The van der Waals surface area contributed by atoms with E-state index < -0.39 is 6.10 Å². The average Bonchev–Trinajstić information content (AvgIpc) is 3.15. The van der Waals surface area contributed by atoms with Crippen molar-refractivity contribution in [3.8, 4) is 17.2 Å². The highest BCUT2D eigenvalue weighted by atomic mass is 35.5. The molecule has 1 aromatic heterocycles. The number of rotatable bonds is 5. The summed E-state index contributed by atoms with van der Waals surface area (Å²) in [6.45, 7) is 3.59. The van der Waals surface area contributed by atoms with Gasteiger partial charge in [0.2, 0.25) is 5.89 Å². The zero-order valence-corrected chi connectivity index (χ0v) is 16.7. The van der Waals surface area contributed by atoms with Gasteiger partial charge in [0.1, 0.15) is 11.3 Å². The number of fused-ring (bicyclic) bond motifs is 1. The van der Waals surface area contributed by atoms with E-state index in [9.17, 15) is 4.79 Å². The van der Waals surface area contributed by atoms with Crippen LogP contribution in [0.4, 0.5) is 5.69 Å². The largest absolute Gasteiger partial charge is 0.481 e. The van der Waals surface area contributed by atoms with Crippen molar-refractivity contribution in [1.82, 2.24) is 4.98 Å². The Labute approximate surface area is 173 Å². The van der Waals surface area contributed by atoms with Gasteiger partial charge in [-0.25, -0.2) is 4.98 Å². The van der Waals surface area contributed by atoms with E-state index in [4.69, 9.17) is 20.8 Å². The van der Waals surface area contributed by atoms with E-state index in [1.165, 1.54) is 0 Å². The first-order valence-corrected chi connectivity index (χ1v) is 9.57. The number of nitrogens with one attached hydrogen (secondary N) is 1. The molecule has 4 aromatic rings. The highest BCUT2D eigenvalue weighted by Crippen LogP contribution is 2.26. The van der Waals surface area contributed by atoms with Crippen LogP contribution >= 0.6 is 11.6 Å². The van der Waals surface area contributed by atoms with Crippen molar-refractivity contribution in [2.75, 3.05) is 5.32 Å². The monoisotopic (exact) mass is 406 g/mol. The molecule has 0 aliphatic rings. The van der Waals surface area contributed by atoms with E-state index in [0.717, 1.165) is 22.2 Å². The number of carbonyl (C=O) groups is 1. The van der Waals surface area contributed by atoms with Crippen molar-refractivity contribution >= 4 is 34.3 Å². The van der Waals surface area contributed by atoms with Crippen LogP contribution in [0, 0.1) is 6.92 Å². The SMILES string of the molecule is Cc1cc(Cl)ccc1O[C@@H](C)C(=O)Nc1ccc(-c2nc3ccccc3o2)cc1. The number of aromatic nitrogens is 1. The molecule has 0 saturated heterocycles. The van der Waals surface area contributed by atoms with Gasteiger partial charge in [0, 0.05) is 16.3 Å². The number of nitrogens with zero attached hydrogens (tertiary/aromatic N) is 1. The molecule has 4 rings (SSSR count). The van der Waals surface area contributed by atoms with E-state index in [1.807, 2.05) is 55.5 Å². The summed E-state index contributed by atoms with van der Waals surface area (Å²) in [7, 11) is 0. The Hall–Kier alpha value is -3.31. The lowest BCUT2D eigenvalue weighted by atomic mass is 10.2. The molecule has 1 amide bonds. The molecule has 0 bridgehead atoms. The summed E-state index contributed by atoms with van der Waals surface area (Å²) < 4.78 is 11.5. The number of aryl methyl sites for hydroxylation is 1. The van der Waals surface area contributed by atoms with E-state index in [-0.39, 0.29) is 5.91 Å². The predicted molar refractivity (Wildman–Crippen MR) is 114 cm³/mol. The topological polar surface area (TPSA) is 64.4 Å². The first-order chi connectivity index (χ1) is 14.0. The number of benzene rings is 3. The van der Waals surface area contributed by atoms with Crippen LogP contribution in [0.25, 0.3) is 22.6 Å². The van der Waals surface area contributed by atoms with Crippen LogP contribution in [-0.2, 0) is 4.79 Å². The van der Waals surface area contributed by atoms with Gasteiger partial charge >= 0.3 is 0 Å². The summed E-state index contributed by atoms with van der Waals surface area (Å²) in [6, 6.07) is 20.2. The molecule has 0 aliphatic heterocycles. The summed E-state index contributed by atoms with van der Waals surface area (Å²) in [4.78, 5) is 17.0. The van der Waals surface area contributed by atoms with E-state index >= 15 is 0 Å². The lowest BCUT2D eigenvalue weighted by molar-refractivity contribution is -0.122. The lowest BCUT2D eigenvalue weighted by Gasteiger charge is -2.16. The fourth-order valence-electron chi connectivity index (χ4n) is 2.92. The van der Waals surface area contributed by atoms with Crippen LogP contribution in [0.5, 0.6) is 5.75 Å². The normalized spacial score (nSPS) is 12.0. The second-order valence-electron chi connectivity index (χ2n) is 6.72. The molecule has 0 unspecified atom stereocenters. The average molecular weight is 407 g/mol. The summed E-state index contributed by atoms with van der Waals surface area (Å²) in [5, 5.41) is 3.49. The molecule has 0 radical (unpaired) electrons. The van der Waals surface area contributed by atoms with Crippen LogP contribution < -0.4 is 10.1 Å². The maximum absolute atomic E-state index is 12.5. The van der Waals surface area contributed by atoms with Crippen molar-refractivity contribution in [3.05, 3.63) is 77.3 Å². The number of ether oxygens (including phenoxy) is 1. The number of oxazole rings is 1. The van der Waals surface area contributed by atoms with E-state index in [1.54, 1.807) is 25.1 Å². The molecule has 0 fully saturated rings. The molecule has 5 nitrogen and oxygen atoms in total. The van der Waals surface area contributed by atoms with Crippen LogP contribution in [0.15, 0.2) is 71.1 Å². The molecule has 29 heavy (non-hydrogen) atoms. The molecule has 3 aromatic carbocycles. The molecule has 0 saturated carbocycles. The van der Waals surface area contributed by atoms with Crippen LogP contribution in [0.1, 0.15) is 12.5 Å². The Morgan fingerprint density at radius 1 is 1.10 bits per heavy atom. The second kappa shape index (κ2) is 7.97. The molecule has 1 heterocycles. The first-order valence-electron chi connectivity index (χ1n) is 9.19. The second-order valence-corrected chi connectivity index (χ2v) is 7.16. The van der Waals surface area contributed by atoms with E-state index in [0.29, 0.717) is 22.4 Å². The molecule has 1 N–H and O–H groups in total. The van der Waals surface area contributed by atoms with Gasteiger partial charge in [-0.2, -0.15) is 0 Å². The maximum atomic E-state index is 12.5. The third kappa shape index (κ3) is 4.25. The Kier molecular flexibility index (Phi) is 5.23. The minimum atomic E-state index is -0.661. The smallest absolute Gasteiger partial charge is 0.265 e. The Morgan fingerprint density at radius 3 is 2.59 bits per heavy atom. The number of halogens is 1. The van der Waals surface area contributed by atoms with Gasteiger partial charge in [0.25, 0.3) is 5.91 Å². The lowest BCUT2D eigenvalue weighted by Crippen LogP contribution is -2.30. The van der Waals surface area contributed by atoms with Gasteiger partial charge in [0.05, 0.1) is 0 Å². The van der Waals surface area contributed by atoms with Gasteiger partial charge in [-0.05, 0) is 74.0 Å². The van der Waals surface area contributed by atoms with Gasteiger partial charge < -0.3 is 14.5 Å². The van der Waals surface area contributed by atoms with Gasteiger partial charge in [-0.3, -0.25) is 4.79 Å². The molecule has 1 atom stereocenters. The molecule has 0 spiro atoms. The molecule has 146 valence electrons. The minimum absolute atomic E-state index is 0.242. The Morgan fingerprint density at radius 2 is 1.86 bits per heavy atom. The molecular weight excluding hydrogens is 388 g/mol. The van der Waals surface area contributed by atoms with Crippen molar-refractivity contribution < 1.29 is 13.9 Å². The third-order valence-electron chi connectivity index (χ3n) is 4.50. The highest BCUT2D eigenvalue weighted by Gasteiger charge is 2.16. The Balaban J connectivity index is 1.43. The number of hydrogen-bond acceptors (Lipinski definition) is 4. The molecule has 0 aliphatic carbocycles. The van der Waals surface area contributed by atoms with Gasteiger partial charge in [-0.1, -0.05) is 23.7 Å². The minimum Gasteiger partial charge on any atom is -0.481 e. The fourth-order valence-corrected chi connectivity index (χ4v) is 3.15. The predicted octanol–water partition coefficient (Wildman–Crippen LogP) is 5.86. The third-order valence-corrected chi connectivity index (χ3v) is 4.74. The van der Waals surface area contributed by atoms with Crippen LogP contribution in [0.2, 0.25) is 5.02 Å². The number of anilines is 1. The molecular formula is C23H19ClN2O3. The first kappa shape index (κ1) is 19.0. The van der Waals surface area contributed by atoms with Crippen molar-refractivity contribution in [2.45, 2.75) is 20.0 Å². The zero-order valence-electron chi connectivity index (χ0n) is 16.0. The summed E-state index contributed by atoms with van der Waals surface area (Å²) in [5.74, 6) is 0.927. The number of hydrogen-bond donors (Lipinski definition) is 1. The summed E-state index contributed by atoms with van der Waals surface area (Å²) in [5.41, 5.74) is 3.92. The van der Waals surface area contributed by atoms with Crippen molar-refractivity contribution in [2.24, 2.45) is 0 Å². The quantitative estimate of drug-likeness (QED) is 0.450. The summed E-state index contributed by atoms with van der Waals surface area (Å²) in [6.07, 6.45) is -0.661. The van der Waals surface area contributed by atoms with Crippen LogP contribution in [0.3, 0.4) is 0 Å². The fraction of sp³-hybridized carbons (Fsp3) is 0.130. The van der Waals surface area contributed by atoms with Crippen molar-refractivity contribution in [3.63, 3.8) is 0 Å². The van der Waals surface area contributed by atoms with Crippen molar-refractivity contribution in [1.29, 1.82) is 0 Å². The number of para-hydroxylation sites is 2. The summed E-state index contributed by atoms with van der Waals surface area (Å²) >= 11 is 5.96. The Bertz CT molecular complexity index is 1140. The highest BCUT2D eigenvalue weighted by molar-refractivity contribution is 6.30. The maximum Gasteiger partial charge on any atom is 0.265 e. The molecule has 6 heteroatoms. The number of carbonyl (C=O) groups excluding carboxylic acids is 1. The van der Waals surface area contributed by atoms with E-state index in [2.05, 4.69) is 10.3 Å². The standard InChI is InChI=1S/C23H19ClN2O3/c1-14-13-17(24)9-12-20(14)28-15(2)22(27)25-18-10-7-16(8-11-18)23-26-19-5-3-4-6-21(19)29-23/h3-13,15H,1-2H3,(H,25,27)/t15-/m0/s1. The van der Waals surface area contributed by atoms with Gasteiger partial charge in [0.15, 0.2) is 11.7 Å². The van der Waals surface area contributed by atoms with Crippen LogP contribution in [-0.4, -0.2) is 17.0 Å².